The van der Waals surface area contributed by atoms with Crippen LogP contribution in [0.3, 0.4) is 0 Å². The van der Waals surface area contributed by atoms with Crippen LogP contribution in [0.15, 0.2) is 12.7 Å². The predicted octanol–water partition coefficient (Wildman–Crippen LogP) is 0.111. The molecule has 0 fully saturated rings. The molecule has 0 bridgehead atoms. The van der Waals surface area contributed by atoms with E-state index in [0.717, 1.165) is 5.09 Å². The van der Waals surface area contributed by atoms with Crippen LogP contribution in [0.4, 0.5) is 0 Å². The standard InChI is InChI=1S/C3H5.Li.Na.H/c1-3-2;;;/h3H,1-2H2;;;. The molecule has 0 heterocycles. The second-order valence-electron chi connectivity index (χ2n) is 0.697. The Morgan fingerprint density at radius 2 is 2.00 bits per heavy atom. The second kappa shape index (κ2) is 9.02. The average Bonchev–Trinajstić information content (AvgIpc) is 1.37. The van der Waals surface area contributed by atoms with Crippen molar-refractivity contribution in [3.05, 3.63) is 12.7 Å². The van der Waals surface area contributed by atoms with Crippen molar-refractivity contribution in [2.75, 3.05) is 0 Å². The zero-order valence-corrected chi connectivity index (χ0v) is 2.99. The first-order valence-electron chi connectivity index (χ1n) is 1.52. The second-order valence-corrected chi connectivity index (χ2v) is 0.697. The Morgan fingerprint density at radius 3 is 2.00 bits per heavy atom. The molecule has 0 spiro atoms. The van der Waals surface area contributed by atoms with Crippen molar-refractivity contribution in [2.45, 2.75) is 5.09 Å². The van der Waals surface area contributed by atoms with Crippen LogP contribution in [-0.4, -0.2) is 47.3 Å². The van der Waals surface area contributed by atoms with Crippen molar-refractivity contribution < 1.29 is 0 Å². The molecule has 0 rings (SSSR count). The maximum absolute atomic E-state index is 3.48. The maximum atomic E-state index is 3.48. The Labute approximate surface area is 64.5 Å². The van der Waals surface area contributed by atoms with Gasteiger partial charge in [-0.15, -0.1) is 0 Å². The van der Waals surface area contributed by atoms with E-state index in [1.807, 2.05) is 6.08 Å². The molecule has 0 aliphatic heterocycles. The van der Waals surface area contributed by atoms with Gasteiger partial charge < -0.3 is 0 Å². The monoisotopic (exact) mass is 72.1 g/mol. The fraction of sp³-hybridized carbons (Fsp3) is 0.333. The zero-order valence-electron chi connectivity index (χ0n) is 2.99. The average molecular weight is 72.0 g/mol. The summed E-state index contributed by atoms with van der Waals surface area (Å²) in [5.74, 6) is 0. The van der Waals surface area contributed by atoms with Crippen molar-refractivity contribution in [1.29, 1.82) is 0 Å². The molecule has 0 atom stereocenters. The van der Waals surface area contributed by atoms with Crippen LogP contribution in [0, 0.1) is 0 Å². The SMILES string of the molecule is [Li][CH2]C=C.[NaH]. The Kier molecular flexibility index (Phi) is 17.3. The van der Waals surface area contributed by atoms with E-state index in [1.165, 1.54) is 0 Å². The molecule has 20 valence electrons. The molecule has 0 radical (unpaired) electrons. The van der Waals surface area contributed by atoms with E-state index >= 15 is 0 Å². The minimum absolute atomic E-state index is 0. The topological polar surface area (TPSA) is 0 Å². The van der Waals surface area contributed by atoms with E-state index in [2.05, 4.69) is 24.3 Å². The van der Waals surface area contributed by atoms with E-state index in [-0.39, 0.29) is 29.6 Å². The molecule has 0 aromatic rings. The van der Waals surface area contributed by atoms with Gasteiger partial charge in [0, 0.05) is 0 Å². The molecule has 0 nitrogen and oxygen atoms in total. The molecule has 0 aliphatic carbocycles. The summed E-state index contributed by atoms with van der Waals surface area (Å²) in [5.41, 5.74) is 0. The fourth-order valence-corrected chi connectivity index (χ4v) is 0. The molecule has 0 saturated heterocycles. The molecular weight excluding hydrogens is 66.0 g/mol. The van der Waals surface area contributed by atoms with E-state index in [0.29, 0.717) is 0 Å². The molecule has 0 aliphatic rings. The van der Waals surface area contributed by atoms with Gasteiger partial charge in [-0.3, -0.25) is 0 Å². The Balaban J connectivity index is 0. The van der Waals surface area contributed by atoms with Gasteiger partial charge >= 0.3 is 65.0 Å². The molecule has 0 unspecified atom stereocenters. The number of rotatable bonds is 1. The summed E-state index contributed by atoms with van der Waals surface area (Å²) in [6, 6.07) is 0. The summed E-state index contributed by atoms with van der Waals surface area (Å²) < 4.78 is 0. The molecule has 0 aromatic heterocycles. The quantitative estimate of drug-likeness (QED) is 0.304. The van der Waals surface area contributed by atoms with Crippen LogP contribution in [0.5, 0.6) is 0 Å². The third kappa shape index (κ3) is 10.9. The van der Waals surface area contributed by atoms with Gasteiger partial charge in [0.05, 0.1) is 0 Å². The number of hydrogen-bond donors (Lipinski definition) is 0. The summed E-state index contributed by atoms with van der Waals surface area (Å²) in [5, 5.41) is 1.08. The molecular formula is C3H6LiNa. The van der Waals surface area contributed by atoms with Gasteiger partial charge in [0.2, 0.25) is 0 Å². The molecule has 0 saturated carbocycles. The third-order valence-electron chi connectivity index (χ3n) is 0.289. The van der Waals surface area contributed by atoms with Gasteiger partial charge in [-0.2, -0.15) is 0 Å². The van der Waals surface area contributed by atoms with E-state index in [9.17, 15) is 0 Å². The van der Waals surface area contributed by atoms with Crippen molar-refractivity contribution in [3.63, 3.8) is 0 Å². The summed E-state index contributed by atoms with van der Waals surface area (Å²) in [6.07, 6.45) is 1.88. The van der Waals surface area contributed by atoms with E-state index < -0.39 is 0 Å². The van der Waals surface area contributed by atoms with Gasteiger partial charge in [-0.25, -0.2) is 0 Å². The van der Waals surface area contributed by atoms with Crippen LogP contribution < -0.4 is 0 Å². The van der Waals surface area contributed by atoms with Gasteiger partial charge in [-0.1, -0.05) is 0 Å². The third-order valence-corrected chi connectivity index (χ3v) is 0.289. The van der Waals surface area contributed by atoms with Crippen LogP contribution in [0.1, 0.15) is 0 Å². The minimum atomic E-state index is 0. The number of hydrogen-bond acceptors (Lipinski definition) is 0. The van der Waals surface area contributed by atoms with Gasteiger partial charge in [0.1, 0.15) is 0 Å². The summed E-state index contributed by atoms with van der Waals surface area (Å²) >= 11 is 2.06. The van der Waals surface area contributed by atoms with Gasteiger partial charge in [-0.05, 0) is 0 Å². The molecule has 5 heavy (non-hydrogen) atoms. The summed E-state index contributed by atoms with van der Waals surface area (Å²) in [7, 11) is 0. The van der Waals surface area contributed by atoms with Crippen molar-refractivity contribution in [1.82, 2.24) is 0 Å². The van der Waals surface area contributed by atoms with Crippen molar-refractivity contribution in [2.24, 2.45) is 0 Å². The first kappa shape index (κ1) is 9.60. The molecule has 2 heteroatoms. The molecule has 0 amide bonds. The first-order chi connectivity index (χ1) is 1.91. The fourth-order valence-electron chi connectivity index (χ4n) is 0. The van der Waals surface area contributed by atoms with Crippen LogP contribution in [0.2, 0.25) is 5.09 Å². The first-order valence-corrected chi connectivity index (χ1v) is 1.52. The predicted molar refractivity (Wildman–Crippen MR) is 27.9 cm³/mol. The zero-order chi connectivity index (χ0) is 3.41. The van der Waals surface area contributed by atoms with Crippen LogP contribution >= 0.6 is 0 Å². The molecule has 0 N–H and O–H groups in total. The Morgan fingerprint density at radius 1 is 1.80 bits per heavy atom. The van der Waals surface area contributed by atoms with Gasteiger partial charge in [0.15, 0.2) is 0 Å². The van der Waals surface area contributed by atoms with Crippen molar-refractivity contribution >= 4 is 47.3 Å². The normalized spacial score (nSPS) is 5.20. The Hall–Kier alpha value is 1.34. The van der Waals surface area contributed by atoms with Crippen LogP contribution in [0.25, 0.3) is 0 Å². The van der Waals surface area contributed by atoms with Gasteiger partial charge in [0.25, 0.3) is 0 Å². The number of allylic oxidation sites excluding steroid dienone is 1. The van der Waals surface area contributed by atoms with Crippen LogP contribution in [-0.2, 0) is 0 Å². The summed E-state index contributed by atoms with van der Waals surface area (Å²) in [6.45, 7) is 3.48. The summed E-state index contributed by atoms with van der Waals surface area (Å²) in [4.78, 5) is 0. The van der Waals surface area contributed by atoms with E-state index in [1.54, 1.807) is 0 Å². The van der Waals surface area contributed by atoms with Crippen molar-refractivity contribution in [3.8, 4) is 0 Å². The van der Waals surface area contributed by atoms with E-state index in [4.69, 9.17) is 0 Å². The molecule has 0 aromatic carbocycles. The Bertz CT molecular complexity index is 20.9.